The Morgan fingerprint density at radius 2 is 1.15 bits per heavy atom. The molecule has 1 atom stereocenters. The van der Waals surface area contributed by atoms with Crippen LogP contribution in [0.1, 0.15) is 98.8 Å². The van der Waals surface area contributed by atoms with Crippen molar-refractivity contribution in [2.24, 2.45) is 0 Å². The number of hydrogen-bond donors (Lipinski definition) is 1. The number of unbranched alkanes of at least 4 members (excludes halogenated alkanes) is 9. The van der Waals surface area contributed by atoms with Gasteiger partial charge in [-0.15, -0.1) is 12.4 Å². The highest BCUT2D eigenvalue weighted by Gasteiger charge is 2.30. The van der Waals surface area contributed by atoms with Gasteiger partial charge in [0, 0.05) is 28.3 Å². The highest BCUT2D eigenvalue weighted by Crippen LogP contribution is 2.26. The molecule has 1 unspecified atom stereocenters. The summed E-state index contributed by atoms with van der Waals surface area (Å²) in [6, 6.07) is -0.0620. The summed E-state index contributed by atoms with van der Waals surface area (Å²) in [5, 5.41) is 3.44. The normalized spacial score (nSPS) is 16.0. The Balaban J connectivity index is 0.00000676. The molecular formula is C23H40ClNO2. The van der Waals surface area contributed by atoms with Crippen LogP contribution in [-0.4, -0.2) is 24.2 Å². The molecule has 156 valence electrons. The predicted octanol–water partition coefficient (Wildman–Crippen LogP) is 6.11. The van der Waals surface area contributed by atoms with Crippen LogP contribution in [0.3, 0.4) is 0 Å². The van der Waals surface area contributed by atoms with E-state index < -0.39 is 0 Å². The van der Waals surface area contributed by atoms with E-state index in [1.54, 1.807) is 20.8 Å². The van der Waals surface area contributed by atoms with Crippen LogP contribution in [0.15, 0.2) is 22.3 Å². The van der Waals surface area contributed by atoms with Gasteiger partial charge in [-0.1, -0.05) is 64.7 Å². The van der Waals surface area contributed by atoms with Gasteiger partial charge in [-0.3, -0.25) is 9.59 Å². The number of nitrogens with one attached hydrogen (secondary N) is 1. The highest BCUT2D eigenvalue weighted by molar-refractivity contribution is 6.25. The summed E-state index contributed by atoms with van der Waals surface area (Å²) in [6.45, 7) is 10.4. The molecule has 1 rings (SSSR count). The fourth-order valence-corrected chi connectivity index (χ4v) is 3.67. The van der Waals surface area contributed by atoms with Crippen molar-refractivity contribution in [2.45, 2.75) is 105 Å². The van der Waals surface area contributed by atoms with Crippen LogP contribution in [-0.2, 0) is 9.59 Å². The van der Waals surface area contributed by atoms with Gasteiger partial charge >= 0.3 is 0 Å². The van der Waals surface area contributed by atoms with Crippen molar-refractivity contribution in [3.05, 3.63) is 22.3 Å². The average Bonchev–Trinajstić information content (AvgIpc) is 2.63. The monoisotopic (exact) mass is 397 g/mol. The van der Waals surface area contributed by atoms with E-state index in [1.165, 1.54) is 57.8 Å². The lowest BCUT2D eigenvalue weighted by Crippen LogP contribution is -2.36. The summed E-state index contributed by atoms with van der Waals surface area (Å²) in [6.07, 6.45) is 13.2. The molecule has 0 spiro atoms. The zero-order valence-electron chi connectivity index (χ0n) is 18.1. The fraction of sp³-hybridized carbons (Fsp3) is 0.739. The van der Waals surface area contributed by atoms with Crippen LogP contribution < -0.4 is 5.32 Å². The predicted molar refractivity (Wildman–Crippen MR) is 118 cm³/mol. The van der Waals surface area contributed by atoms with Crippen molar-refractivity contribution in [1.29, 1.82) is 0 Å². The first kappa shape index (κ1) is 26.1. The molecule has 27 heavy (non-hydrogen) atoms. The fourth-order valence-electron chi connectivity index (χ4n) is 3.67. The molecule has 0 aromatic carbocycles. The second-order valence-electron chi connectivity index (χ2n) is 7.80. The summed E-state index contributed by atoms with van der Waals surface area (Å²) in [4.78, 5) is 24.8. The van der Waals surface area contributed by atoms with Crippen LogP contribution in [0.4, 0.5) is 0 Å². The van der Waals surface area contributed by atoms with Gasteiger partial charge in [-0.05, 0) is 40.7 Å². The van der Waals surface area contributed by atoms with Gasteiger partial charge in [0.2, 0.25) is 0 Å². The Morgan fingerprint density at radius 3 is 1.67 bits per heavy atom. The molecule has 1 aliphatic carbocycles. The Bertz CT molecular complexity index is 549. The molecular weight excluding hydrogens is 358 g/mol. The number of carbonyl (C=O) groups is 2. The van der Waals surface area contributed by atoms with Gasteiger partial charge in [-0.2, -0.15) is 0 Å². The minimum Gasteiger partial charge on any atom is -0.310 e. The minimum atomic E-state index is -0.0620. The van der Waals surface area contributed by atoms with Crippen LogP contribution >= 0.6 is 12.4 Å². The number of hydrogen-bond acceptors (Lipinski definition) is 3. The summed E-state index contributed by atoms with van der Waals surface area (Å²) < 4.78 is 0. The maximum atomic E-state index is 12.5. The first-order valence-corrected chi connectivity index (χ1v) is 10.6. The Hall–Kier alpha value is -0.930. The molecule has 0 saturated heterocycles. The summed E-state index contributed by atoms with van der Waals surface area (Å²) in [5.74, 6) is 0.0485. The Labute approximate surface area is 172 Å². The van der Waals surface area contributed by atoms with E-state index in [2.05, 4.69) is 12.2 Å². The molecule has 0 aromatic rings. The van der Waals surface area contributed by atoms with Crippen molar-refractivity contribution >= 4 is 24.0 Å². The second kappa shape index (κ2) is 14.1. The van der Waals surface area contributed by atoms with Gasteiger partial charge in [-0.25, -0.2) is 0 Å². The number of carbonyl (C=O) groups excluding carboxylic acids is 2. The van der Waals surface area contributed by atoms with Crippen molar-refractivity contribution in [3.8, 4) is 0 Å². The maximum absolute atomic E-state index is 12.5. The SMILES string of the molecule is CCCCCCCCCCCCNC(C)C1=C(C)C(=O)C(C)=C(C)C1=O.Cl. The summed E-state index contributed by atoms with van der Waals surface area (Å²) in [7, 11) is 0. The van der Waals surface area contributed by atoms with Crippen LogP contribution in [0.5, 0.6) is 0 Å². The molecule has 0 fully saturated rings. The van der Waals surface area contributed by atoms with E-state index in [0.29, 0.717) is 22.3 Å². The Morgan fingerprint density at radius 1 is 0.704 bits per heavy atom. The van der Waals surface area contributed by atoms with Gasteiger partial charge in [0.15, 0.2) is 11.6 Å². The number of rotatable bonds is 13. The zero-order chi connectivity index (χ0) is 19.5. The topological polar surface area (TPSA) is 46.2 Å². The van der Waals surface area contributed by atoms with E-state index in [1.807, 2.05) is 6.92 Å². The van der Waals surface area contributed by atoms with Gasteiger partial charge < -0.3 is 5.32 Å². The molecule has 1 aliphatic rings. The third-order valence-electron chi connectivity index (χ3n) is 5.65. The molecule has 0 amide bonds. The lowest BCUT2D eigenvalue weighted by atomic mass is 9.83. The standard InChI is InChI=1S/C23H39NO2.ClH/c1-6-7-8-9-10-11-12-13-14-15-16-24-20(5)21-19(4)22(25)17(2)18(3)23(21)26;/h20,24H,6-16H2,1-5H3;1H. The first-order valence-electron chi connectivity index (χ1n) is 10.6. The average molecular weight is 398 g/mol. The molecule has 3 nitrogen and oxygen atoms in total. The van der Waals surface area contributed by atoms with E-state index in [-0.39, 0.29) is 30.0 Å². The third kappa shape index (κ3) is 8.31. The third-order valence-corrected chi connectivity index (χ3v) is 5.65. The second-order valence-corrected chi connectivity index (χ2v) is 7.80. The quantitative estimate of drug-likeness (QED) is 0.301. The Kier molecular flexibility index (Phi) is 13.6. The molecule has 0 aromatic heterocycles. The molecule has 0 heterocycles. The zero-order valence-corrected chi connectivity index (χ0v) is 18.9. The summed E-state index contributed by atoms with van der Waals surface area (Å²) >= 11 is 0. The highest BCUT2D eigenvalue weighted by atomic mass is 35.5. The van der Waals surface area contributed by atoms with Crippen LogP contribution in [0.2, 0.25) is 0 Å². The first-order chi connectivity index (χ1) is 12.4. The van der Waals surface area contributed by atoms with Crippen molar-refractivity contribution in [2.75, 3.05) is 6.54 Å². The van der Waals surface area contributed by atoms with Crippen molar-refractivity contribution in [3.63, 3.8) is 0 Å². The van der Waals surface area contributed by atoms with Gasteiger partial charge in [0.25, 0.3) is 0 Å². The lowest BCUT2D eigenvalue weighted by molar-refractivity contribution is -0.116. The maximum Gasteiger partial charge on any atom is 0.187 e. The summed E-state index contributed by atoms with van der Waals surface area (Å²) in [5.41, 5.74) is 2.47. The van der Waals surface area contributed by atoms with E-state index in [4.69, 9.17) is 0 Å². The minimum absolute atomic E-state index is 0. The van der Waals surface area contributed by atoms with Gasteiger partial charge in [0.05, 0.1) is 0 Å². The number of allylic oxidation sites excluding steroid dienone is 3. The largest absolute Gasteiger partial charge is 0.310 e. The molecule has 1 N–H and O–H groups in total. The van der Waals surface area contributed by atoms with E-state index >= 15 is 0 Å². The number of ketones is 2. The van der Waals surface area contributed by atoms with E-state index in [0.717, 1.165) is 13.0 Å². The van der Waals surface area contributed by atoms with Gasteiger partial charge in [0.1, 0.15) is 0 Å². The molecule has 0 aliphatic heterocycles. The van der Waals surface area contributed by atoms with Crippen molar-refractivity contribution < 1.29 is 9.59 Å². The van der Waals surface area contributed by atoms with Crippen molar-refractivity contribution in [1.82, 2.24) is 5.32 Å². The lowest BCUT2D eigenvalue weighted by Gasteiger charge is -2.24. The molecule has 0 radical (unpaired) electrons. The molecule has 0 saturated carbocycles. The van der Waals surface area contributed by atoms with Crippen LogP contribution in [0, 0.1) is 0 Å². The van der Waals surface area contributed by atoms with Crippen LogP contribution in [0.25, 0.3) is 0 Å². The molecule has 4 heteroatoms. The number of Topliss-reactive ketones (excluding diaryl/α,β-unsaturated/α-hetero) is 2. The number of halogens is 1. The molecule has 0 bridgehead atoms. The smallest absolute Gasteiger partial charge is 0.187 e. The van der Waals surface area contributed by atoms with E-state index in [9.17, 15) is 9.59 Å².